The number of aryl methyl sites for hydroxylation is 1. The van der Waals surface area contributed by atoms with Crippen molar-refractivity contribution in [3.63, 3.8) is 0 Å². The second-order valence-corrected chi connectivity index (χ2v) is 10.1. The molecular weight excluding hydrogens is 548 g/mol. The van der Waals surface area contributed by atoms with Crippen molar-refractivity contribution in [1.82, 2.24) is 0 Å². The fourth-order valence-electron chi connectivity index (χ4n) is 3.65. The van der Waals surface area contributed by atoms with E-state index < -0.39 is 23.9 Å². The summed E-state index contributed by atoms with van der Waals surface area (Å²) in [5.41, 5.74) is 4.32. The summed E-state index contributed by atoms with van der Waals surface area (Å²) in [7, 11) is 0. The van der Waals surface area contributed by atoms with Crippen molar-refractivity contribution in [2.45, 2.75) is 34.6 Å². The SMILES string of the molecule is C=C(C)C(=O)Oc1cc(OC(=O)C(=C)C)cc(-c2ccc(-c3cc(OC(=O)C(=C)C)cc(OC(=O)C(=C)C)c3)c(C)c2)c1. The molecule has 0 N–H and O–H groups in total. The third kappa shape index (κ3) is 8.50. The topological polar surface area (TPSA) is 105 Å². The molecule has 0 spiro atoms. The van der Waals surface area contributed by atoms with Crippen molar-refractivity contribution < 1.29 is 38.1 Å². The molecule has 0 radical (unpaired) electrons. The molecular formula is C35H32O8. The van der Waals surface area contributed by atoms with Gasteiger partial charge in [-0.25, -0.2) is 19.2 Å². The average Bonchev–Trinajstić information content (AvgIpc) is 2.92. The van der Waals surface area contributed by atoms with Gasteiger partial charge < -0.3 is 18.9 Å². The van der Waals surface area contributed by atoms with Gasteiger partial charge in [-0.05, 0) is 86.7 Å². The van der Waals surface area contributed by atoms with Gasteiger partial charge in [-0.2, -0.15) is 0 Å². The first-order chi connectivity index (χ1) is 20.1. The molecule has 3 rings (SSSR count). The number of benzene rings is 3. The van der Waals surface area contributed by atoms with E-state index >= 15 is 0 Å². The van der Waals surface area contributed by atoms with E-state index in [0.29, 0.717) is 11.1 Å². The number of esters is 4. The Morgan fingerprint density at radius 1 is 0.465 bits per heavy atom. The summed E-state index contributed by atoms with van der Waals surface area (Å²) >= 11 is 0. The van der Waals surface area contributed by atoms with Crippen molar-refractivity contribution in [3.05, 3.63) is 109 Å². The van der Waals surface area contributed by atoms with Crippen LogP contribution in [0.4, 0.5) is 0 Å². The molecule has 220 valence electrons. The standard InChI is InChI=1S/C35H32O8/c1-19(2)32(36)40-27-13-25(14-28(17-27)41-33(37)20(3)4)24-10-11-31(23(9)12-24)26-15-29(42-34(38)21(5)6)18-30(16-26)43-35(39)22(7)8/h10-18H,1,3,5,7H2,2,4,6,8-9H3. The van der Waals surface area contributed by atoms with Crippen LogP contribution in [0.5, 0.6) is 23.0 Å². The van der Waals surface area contributed by atoms with Gasteiger partial charge in [-0.1, -0.05) is 44.5 Å². The van der Waals surface area contributed by atoms with Gasteiger partial charge in [-0.3, -0.25) is 0 Å². The van der Waals surface area contributed by atoms with Crippen LogP contribution >= 0.6 is 0 Å². The van der Waals surface area contributed by atoms with Crippen LogP contribution in [-0.2, 0) is 19.2 Å². The second kappa shape index (κ2) is 13.4. The highest BCUT2D eigenvalue weighted by Gasteiger charge is 2.16. The van der Waals surface area contributed by atoms with E-state index in [9.17, 15) is 19.2 Å². The Morgan fingerprint density at radius 3 is 1.09 bits per heavy atom. The van der Waals surface area contributed by atoms with Crippen LogP contribution in [-0.4, -0.2) is 23.9 Å². The minimum atomic E-state index is -0.628. The molecule has 0 aromatic heterocycles. The quantitative estimate of drug-likeness (QED) is 0.140. The van der Waals surface area contributed by atoms with Crippen molar-refractivity contribution in [1.29, 1.82) is 0 Å². The van der Waals surface area contributed by atoms with E-state index in [0.717, 1.165) is 16.7 Å². The van der Waals surface area contributed by atoms with E-state index in [-0.39, 0.29) is 45.3 Å². The van der Waals surface area contributed by atoms with Crippen LogP contribution in [0, 0.1) is 6.92 Å². The van der Waals surface area contributed by atoms with Crippen molar-refractivity contribution in [2.24, 2.45) is 0 Å². The first-order valence-corrected chi connectivity index (χ1v) is 13.1. The molecule has 0 saturated carbocycles. The highest BCUT2D eigenvalue weighted by molar-refractivity contribution is 5.92. The van der Waals surface area contributed by atoms with E-state index in [1.807, 2.05) is 25.1 Å². The fourth-order valence-corrected chi connectivity index (χ4v) is 3.65. The van der Waals surface area contributed by atoms with Gasteiger partial charge in [0, 0.05) is 34.4 Å². The maximum absolute atomic E-state index is 12.2. The van der Waals surface area contributed by atoms with Crippen LogP contribution in [0.1, 0.15) is 33.3 Å². The Labute approximate surface area is 250 Å². The summed E-state index contributed by atoms with van der Waals surface area (Å²) in [6.07, 6.45) is 0. The molecule has 0 fully saturated rings. The van der Waals surface area contributed by atoms with Gasteiger partial charge >= 0.3 is 23.9 Å². The molecule has 3 aromatic rings. The highest BCUT2D eigenvalue weighted by atomic mass is 16.6. The Morgan fingerprint density at radius 2 is 0.791 bits per heavy atom. The monoisotopic (exact) mass is 580 g/mol. The zero-order chi connectivity index (χ0) is 32.0. The molecule has 8 heteroatoms. The van der Waals surface area contributed by atoms with Gasteiger partial charge in [0.05, 0.1) is 0 Å². The Bertz CT molecular complexity index is 1610. The Kier molecular flexibility index (Phi) is 10.0. The minimum Gasteiger partial charge on any atom is -0.423 e. The molecule has 43 heavy (non-hydrogen) atoms. The normalized spacial score (nSPS) is 10.3. The smallest absolute Gasteiger partial charge is 0.338 e. The first-order valence-electron chi connectivity index (χ1n) is 13.1. The minimum absolute atomic E-state index is 0.160. The predicted molar refractivity (Wildman–Crippen MR) is 164 cm³/mol. The van der Waals surface area contributed by atoms with Gasteiger partial charge in [0.25, 0.3) is 0 Å². The largest absolute Gasteiger partial charge is 0.423 e. The van der Waals surface area contributed by atoms with Crippen molar-refractivity contribution >= 4 is 23.9 Å². The molecule has 0 heterocycles. The molecule has 0 bridgehead atoms. The number of hydrogen-bond acceptors (Lipinski definition) is 8. The van der Waals surface area contributed by atoms with Crippen LogP contribution in [0.25, 0.3) is 22.3 Å². The summed E-state index contributed by atoms with van der Waals surface area (Å²) in [5.74, 6) is -1.87. The molecule has 0 saturated heterocycles. The molecule has 0 amide bonds. The van der Waals surface area contributed by atoms with Gasteiger partial charge in [0.2, 0.25) is 0 Å². The molecule has 0 atom stereocenters. The zero-order valence-corrected chi connectivity index (χ0v) is 24.8. The lowest BCUT2D eigenvalue weighted by Crippen LogP contribution is -2.10. The van der Waals surface area contributed by atoms with Crippen molar-refractivity contribution in [3.8, 4) is 45.3 Å². The second-order valence-electron chi connectivity index (χ2n) is 10.1. The summed E-state index contributed by atoms with van der Waals surface area (Å²) in [6.45, 7) is 22.4. The molecule has 0 aliphatic heterocycles. The van der Waals surface area contributed by atoms with Crippen LogP contribution in [0.15, 0.2) is 103 Å². The Balaban J connectivity index is 2.09. The summed E-state index contributed by atoms with van der Waals surface area (Å²) in [5, 5.41) is 0. The van der Waals surface area contributed by atoms with E-state index in [1.165, 1.54) is 39.8 Å². The highest BCUT2D eigenvalue weighted by Crippen LogP contribution is 2.36. The van der Waals surface area contributed by atoms with Gasteiger partial charge in [-0.15, -0.1) is 0 Å². The third-order valence-corrected chi connectivity index (χ3v) is 5.87. The summed E-state index contributed by atoms with van der Waals surface area (Å²) < 4.78 is 21.7. The number of rotatable bonds is 10. The van der Waals surface area contributed by atoms with Gasteiger partial charge in [0.1, 0.15) is 23.0 Å². The number of carbonyl (C=O) groups is 4. The first kappa shape index (κ1) is 32.0. The lowest BCUT2D eigenvalue weighted by molar-refractivity contribution is -0.131. The number of ether oxygens (including phenoxy) is 4. The molecule has 3 aromatic carbocycles. The molecule has 0 aliphatic carbocycles. The van der Waals surface area contributed by atoms with E-state index in [4.69, 9.17) is 18.9 Å². The lowest BCUT2D eigenvalue weighted by Gasteiger charge is -2.14. The maximum atomic E-state index is 12.2. The fraction of sp³-hybridized carbons (Fsp3) is 0.143. The van der Waals surface area contributed by atoms with Gasteiger partial charge in [0.15, 0.2) is 0 Å². The zero-order valence-electron chi connectivity index (χ0n) is 24.8. The Hall–Kier alpha value is -5.50. The lowest BCUT2D eigenvalue weighted by atomic mass is 9.95. The summed E-state index contributed by atoms with van der Waals surface area (Å²) in [4.78, 5) is 48.8. The summed E-state index contributed by atoms with van der Waals surface area (Å²) in [6, 6.07) is 15.0. The maximum Gasteiger partial charge on any atom is 0.338 e. The third-order valence-electron chi connectivity index (χ3n) is 5.87. The average molecular weight is 581 g/mol. The predicted octanol–water partition coefficient (Wildman–Crippen LogP) is 7.26. The van der Waals surface area contributed by atoms with Crippen LogP contribution in [0.2, 0.25) is 0 Å². The van der Waals surface area contributed by atoms with Crippen LogP contribution < -0.4 is 18.9 Å². The molecule has 0 unspecified atom stereocenters. The molecule has 0 aliphatic rings. The van der Waals surface area contributed by atoms with E-state index in [1.54, 1.807) is 24.3 Å². The number of carbonyl (C=O) groups excluding carboxylic acids is 4. The number of hydrogen-bond donors (Lipinski definition) is 0. The van der Waals surface area contributed by atoms with E-state index in [2.05, 4.69) is 26.3 Å². The van der Waals surface area contributed by atoms with Crippen LogP contribution in [0.3, 0.4) is 0 Å². The molecule has 8 nitrogen and oxygen atoms in total. The van der Waals surface area contributed by atoms with Crippen molar-refractivity contribution in [2.75, 3.05) is 0 Å².